The van der Waals surface area contributed by atoms with Gasteiger partial charge in [0.1, 0.15) is 12.4 Å². The Balaban J connectivity index is 0.00000320. The van der Waals surface area contributed by atoms with E-state index in [1.165, 1.54) is 0 Å². The topological polar surface area (TPSA) is 110 Å². The van der Waals surface area contributed by atoms with Crippen LogP contribution in [0.5, 0.6) is 0 Å². The van der Waals surface area contributed by atoms with Gasteiger partial charge in [-0.1, -0.05) is 18.2 Å². The van der Waals surface area contributed by atoms with Gasteiger partial charge in [0.15, 0.2) is 21.6 Å². The van der Waals surface area contributed by atoms with Crippen LogP contribution in [-0.4, -0.2) is 61.6 Å². The summed E-state index contributed by atoms with van der Waals surface area (Å²) in [7, 11) is 0.0778. The summed E-state index contributed by atoms with van der Waals surface area (Å²) in [6.07, 6.45) is 2.26. The third kappa shape index (κ3) is 6.64. The Kier molecular flexibility index (Phi) is 9.49. The number of benzene rings is 1. The molecule has 9 nitrogen and oxygen atoms in total. The fourth-order valence-electron chi connectivity index (χ4n) is 3.27. The van der Waals surface area contributed by atoms with E-state index >= 15 is 0 Å². The number of guanidine groups is 1. The van der Waals surface area contributed by atoms with Gasteiger partial charge in [0.25, 0.3) is 0 Å². The zero-order chi connectivity index (χ0) is 20.7. The molecule has 0 amide bonds. The molecule has 1 aliphatic rings. The van der Waals surface area contributed by atoms with Gasteiger partial charge in [0, 0.05) is 33.2 Å². The van der Waals surface area contributed by atoms with Crippen molar-refractivity contribution >= 4 is 39.8 Å². The molecule has 2 aromatic rings. The number of halogens is 1. The summed E-state index contributed by atoms with van der Waals surface area (Å²) in [4.78, 5) is 9.09. The molecular formula is C19H29IN6O3S. The molecule has 166 valence electrons. The molecule has 3 rings (SSSR count). The maximum absolute atomic E-state index is 12.3. The number of sulfone groups is 1. The van der Waals surface area contributed by atoms with E-state index in [1.807, 2.05) is 10.7 Å². The molecule has 1 atom stereocenters. The number of nitrogens with zero attached hydrogens (tertiary/aromatic N) is 4. The zero-order valence-electron chi connectivity index (χ0n) is 17.2. The van der Waals surface area contributed by atoms with Crippen LogP contribution in [0.2, 0.25) is 0 Å². The molecule has 30 heavy (non-hydrogen) atoms. The summed E-state index contributed by atoms with van der Waals surface area (Å²) in [6, 6.07) is 8.71. The van der Waals surface area contributed by atoms with Gasteiger partial charge in [0.2, 0.25) is 0 Å². The Morgan fingerprint density at radius 1 is 1.33 bits per heavy atom. The molecule has 0 spiro atoms. The second-order valence-electron chi connectivity index (χ2n) is 6.92. The van der Waals surface area contributed by atoms with Crippen LogP contribution in [0.25, 0.3) is 0 Å². The molecule has 0 aliphatic carbocycles. The highest BCUT2D eigenvalue weighted by atomic mass is 127. The lowest BCUT2D eigenvalue weighted by Gasteiger charge is -2.25. The Bertz CT molecular complexity index is 933. The number of aliphatic imine (C=N–C) groups is 1. The number of rotatable bonds is 8. The standard InChI is InChI=1S/C19H28N6O3S.HI/c1-20-19(21-11-6-12-29(26,27)16-7-4-3-5-8-16)22-15-9-10-18-23-17(14-28-2)24-25(18)13-15;/h3-5,7-8,15H,6,9-14H2,1-2H3,(H2,20,21,22);1H. The molecule has 1 unspecified atom stereocenters. The number of aryl methyl sites for hydroxylation is 1. The van der Waals surface area contributed by atoms with Crippen molar-refractivity contribution in [2.75, 3.05) is 26.5 Å². The quantitative estimate of drug-likeness (QED) is 0.222. The molecule has 0 fully saturated rings. The third-order valence-electron chi connectivity index (χ3n) is 4.72. The normalized spacial score (nSPS) is 16.5. The fraction of sp³-hybridized carbons (Fsp3) is 0.526. The van der Waals surface area contributed by atoms with E-state index in [2.05, 4.69) is 25.7 Å². The van der Waals surface area contributed by atoms with Crippen molar-refractivity contribution < 1.29 is 13.2 Å². The van der Waals surface area contributed by atoms with Crippen LogP contribution in [0.4, 0.5) is 0 Å². The van der Waals surface area contributed by atoms with Crippen LogP contribution in [0, 0.1) is 0 Å². The summed E-state index contributed by atoms with van der Waals surface area (Å²) in [6.45, 7) is 1.63. The highest BCUT2D eigenvalue weighted by Gasteiger charge is 2.22. The van der Waals surface area contributed by atoms with E-state index in [-0.39, 0.29) is 35.8 Å². The van der Waals surface area contributed by atoms with Crippen molar-refractivity contribution in [2.45, 2.75) is 43.4 Å². The smallest absolute Gasteiger partial charge is 0.191 e. The monoisotopic (exact) mass is 548 g/mol. The van der Waals surface area contributed by atoms with Crippen molar-refractivity contribution in [1.29, 1.82) is 0 Å². The van der Waals surface area contributed by atoms with E-state index in [0.29, 0.717) is 42.8 Å². The SMILES string of the molecule is CN=C(NCCCS(=O)(=O)c1ccccc1)NC1CCc2nc(COC)nn2C1.I. The molecule has 2 heterocycles. The number of ether oxygens (including phenoxy) is 1. The lowest BCUT2D eigenvalue weighted by atomic mass is 10.1. The average molecular weight is 548 g/mol. The first-order chi connectivity index (χ1) is 14.0. The molecule has 1 aliphatic heterocycles. The lowest BCUT2D eigenvalue weighted by Crippen LogP contribution is -2.47. The Morgan fingerprint density at radius 3 is 2.80 bits per heavy atom. The minimum absolute atomic E-state index is 0. The molecular weight excluding hydrogens is 519 g/mol. The van der Waals surface area contributed by atoms with Crippen LogP contribution in [0.15, 0.2) is 40.2 Å². The zero-order valence-corrected chi connectivity index (χ0v) is 20.4. The summed E-state index contributed by atoms with van der Waals surface area (Å²) in [5, 5.41) is 11.1. The van der Waals surface area contributed by atoms with E-state index in [9.17, 15) is 8.42 Å². The van der Waals surface area contributed by atoms with E-state index in [0.717, 1.165) is 18.7 Å². The second kappa shape index (κ2) is 11.6. The second-order valence-corrected chi connectivity index (χ2v) is 9.03. The van der Waals surface area contributed by atoms with Gasteiger partial charge >= 0.3 is 0 Å². The van der Waals surface area contributed by atoms with Crippen LogP contribution in [0.3, 0.4) is 0 Å². The van der Waals surface area contributed by atoms with Crippen molar-refractivity contribution in [2.24, 2.45) is 4.99 Å². The van der Waals surface area contributed by atoms with E-state index in [4.69, 9.17) is 4.74 Å². The molecule has 1 aromatic carbocycles. The van der Waals surface area contributed by atoms with E-state index < -0.39 is 9.84 Å². The van der Waals surface area contributed by atoms with Crippen LogP contribution in [-0.2, 0) is 34.1 Å². The highest BCUT2D eigenvalue weighted by Crippen LogP contribution is 2.14. The first-order valence-corrected chi connectivity index (χ1v) is 11.3. The Hall–Kier alpha value is -1.73. The van der Waals surface area contributed by atoms with Gasteiger partial charge in [0.05, 0.1) is 17.2 Å². The third-order valence-corrected chi connectivity index (χ3v) is 6.54. The molecule has 11 heteroatoms. The van der Waals surface area contributed by atoms with E-state index in [1.54, 1.807) is 38.4 Å². The van der Waals surface area contributed by atoms with Gasteiger partial charge < -0.3 is 15.4 Å². The predicted molar refractivity (Wildman–Crippen MR) is 126 cm³/mol. The van der Waals surface area contributed by atoms with Gasteiger partial charge in [-0.25, -0.2) is 18.1 Å². The largest absolute Gasteiger partial charge is 0.377 e. The van der Waals surface area contributed by atoms with Crippen LogP contribution < -0.4 is 10.6 Å². The average Bonchev–Trinajstić information content (AvgIpc) is 3.13. The summed E-state index contributed by atoms with van der Waals surface area (Å²) in [5.74, 6) is 2.43. The fourth-order valence-corrected chi connectivity index (χ4v) is 4.60. The number of aromatic nitrogens is 3. The predicted octanol–water partition coefficient (Wildman–Crippen LogP) is 1.39. The minimum atomic E-state index is -3.26. The first-order valence-electron chi connectivity index (χ1n) is 9.68. The van der Waals surface area contributed by atoms with Crippen molar-refractivity contribution in [3.63, 3.8) is 0 Å². The summed E-state index contributed by atoms with van der Waals surface area (Å²) in [5.41, 5.74) is 0. The molecule has 2 N–H and O–H groups in total. The van der Waals surface area contributed by atoms with Crippen molar-refractivity contribution in [1.82, 2.24) is 25.4 Å². The molecule has 1 aromatic heterocycles. The Morgan fingerprint density at radius 2 is 2.10 bits per heavy atom. The molecule has 0 radical (unpaired) electrons. The first kappa shape index (κ1) is 24.5. The summed E-state index contributed by atoms with van der Waals surface area (Å²) >= 11 is 0. The number of hydrogen-bond donors (Lipinski definition) is 2. The number of methoxy groups -OCH3 is 1. The van der Waals surface area contributed by atoms with Crippen LogP contribution >= 0.6 is 24.0 Å². The van der Waals surface area contributed by atoms with Crippen molar-refractivity contribution in [3.05, 3.63) is 42.0 Å². The molecule has 0 saturated carbocycles. The number of fused-ring (bicyclic) bond motifs is 1. The highest BCUT2D eigenvalue weighted by molar-refractivity contribution is 14.0. The van der Waals surface area contributed by atoms with Crippen molar-refractivity contribution in [3.8, 4) is 0 Å². The lowest BCUT2D eigenvalue weighted by molar-refractivity contribution is 0.177. The number of nitrogens with one attached hydrogen (secondary N) is 2. The van der Waals surface area contributed by atoms with Gasteiger partial charge in [-0.05, 0) is 25.0 Å². The Labute approximate surface area is 194 Å². The van der Waals surface area contributed by atoms with Gasteiger partial charge in [-0.2, -0.15) is 5.10 Å². The van der Waals surface area contributed by atoms with Crippen LogP contribution in [0.1, 0.15) is 24.5 Å². The summed E-state index contributed by atoms with van der Waals surface area (Å²) < 4.78 is 31.7. The minimum Gasteiger partial charge on any atom is -0.377 e. The van der Waals surface area contributed by atoms with Gasteiger partial charge in [-0.15, -0.1) is 24.0 Å². The number of hydrogen-bond acceptors (Lipinski definition) is 6. The maximum atomic E-state index is 12.3. The molecule has 0 bridgehead atoms. The molecule has 0 saturated heterocycles. The maximum Gasteiger partial charge on any atom is 0.191 e. The van der Waals surface area contributed by atoms with Gasteiger partial charge in [-0.3, -0.25) is 4.99 Å².